The molecule has 0 aliphatic heterocycles. The topological polar surface area (TPSA) is 6.48 Å². The Bertz CT molecular complexity index is 2700. The van der Waals surface area contributed by atoms with Crippen LogP contribution in [0.15, 0.2) is 158 Å². The van der Waals surface area contributed by atoms with Crippen LogP contribution in [-0.2, 0) is 4.66 Å². The van der Waals surface area contributed by atoms with Gasteiger partial charge in [0.05, 0.1) is 27.5 Å². The van der Waals surface area contributed by atoms with Crippen LogP contribution >= 0.6 is 0 Å². The molecule has 0 aromatic heterocycles. The Hall–Kier alpha value is -5.69. The van der Waals surface area contributed by atoms with Gasteiger partial charge < -0.3 is 9.80 Å². The molecule has 8 aromatic rings. The van der Waals surface area contributed by atoms with Gasteiger partial charge in [-0.3, -0.25) is 0 Å². The van der Waals surface area contributed by atoms with Crippen LogP contribution in [0, 0.1) is 27.7 Å². The number of anilines is 6. The van der Waals surface area contributed by atoms with Crippen LogP contribution in [-0.4, -0.2) is 16.1 Å². The molecule has 8 aromatic carbocycles. The zero-order valence-corrected chi connectivity index (χ0v) is 38.4. The van der Waals surface area contributed by atoms with Crippen molar-refractivity contribution in [1.29, 1.82) is 0 Å². The minimum Gasteiger partial charge on any atom is -0.310 e. The van der Waals surface area contributed by atoms with Crippen LogP contribution in [0.5, 0.6) is 0 Å². The molecule has 59 heavy (non-hydrogen) atoms. The van der Waals surface area contributed by atoms with Crippen molar-refractivity contribution < 1.29 is 0 Å². The van der Waals surface area contributed by atoms with E-state index >= 15 is 0 Å². The third-order valence-electron chi connectivity index (χ3n) is 13.1. The Balaban J connectivity index is 1.47. The highest BCUT2D eigenvalue weighted by Gasteiger charge is 2.60. The molecule has 1 aliphatic rings. The SMILES string of the molecule is Cc1ccc(C)c(N(c2ccccc2)c2cc3c(c4ccccc24)-c2c(cc(N(c4ccccc4)c4cc(C)ccc4C)c4ccccc24)C3([Si](C)(C)C)[Si](C)(C)C)c1. The number of rotatable bonds is 8. The van der Waals surface area contributed by atoms with Gasteiger partial charge in [-0.25, -0.2) is 0 Å². The number of hydrogen-bond donors (Lipinski definition) is 0. The lowest BCUT2D eigenvalue weighted by Crippen LogP contribution is -2.63. The number of hydrogen-bond acceptors (Lipinski definition) is 2. The molecule has 0 atom stereocenters. The van der Waals surface area contributed by atoms with E-state index < -0.39 is 16.1 Å². The monoisotopic (exact) mass is 800 g/mol. The quantitative estimate of drug-likeness (QED) is 0.141. The average Bonchev–Trinajstić information content (AvgIpc) is 3.54. The first kappa shape index (κ1) is 38.8. The van der Waals surface area contributed by atoms with Crippen LogP contribution in [0.4, 0.5) is 34.1 Å². The number of aryl methyl sites for hydroxylation is 4. The summed E-state index contributed by atoms with van der Waals surface area (Å²) >= 11 is 0. The molecule has 0 bridgehead atoms. The highest BCUT2D eigenvalue weighted by molar-refractivity contribution is 7.00. The van der Waals surface area contributed by atoms with E-state index in [2.05, 4.69) is 235 Å². The highest BCUT2D eigenvalue weighted by atomic mass is 28.4. The summed E-state index contributed by atoms with van der Waals surface area (Å²) in [6.45, 7) is 24.8. The minimum atomic E-state index is -2.13. The van der Waals surface area contributed by atoms with Crippen molar-refractivity contribution in [3.63, 3.8) is 0 Å². The molecule has 0 fully saturated rings. The first-order valence-corrected chi connectivity index (χ1v) is 28.2. The maximum atomic E-state index is 2.66. The van der Waals surface area contributed by atoms with Gasteiger partial charge in [-0.1, -0.05) is 148 Å². The number of fused-ring (bicyclic) bond motifs is 7. The Morgan fingerprint density at radius 2 is 0.695 bits per heavy atom. The van der Waals surface area contributed by atoms with Crippen molar-refractivity contribution in [1.82, 2.24) is 0 Å². The Labute approximate surface area is 353 Å². The third kappa shape index (κ3) is 6.02. The molecule has 0 N–H and O–H groups in total. The molecule has 0 amide bonds. The third-order valence-corrected chi connectivity index (χ3v) is 23.2. The molecule has 0 spiro atoms. The van der Waals surface area contributed by atoms with Crippen LogP contribution in [0.3, 0.4) is 0 Å². The van der Waals surface area contributed by atoms with Gasteiger partial charge in [-0.05, 0) is 132 Å². The van der Waals surface area contributed by atoms with E-state index in [1.165, 1.54) is 100 Å². The van der Waals surface area contributed by atoms with E-state index in [-0.39, 0.29) is 4.66 Å². The fraction of sp³-hybridized carbons (Fsp3) is 0.200. The molecule has 0 saturated heterocycles. The lowest BCUT2D eigenvalue weighted by molar-refractivity contribution is 0.953. The highest BCUT2D eigenvalue weighted by Crippen LogP contribution is 2.63. The predicted octanol–water partition coefficient (Wildman–Crippen LogP) is 16.2. The van der Waals surface area contributed by atoms with Crippen molar-refractivity contribution >= 4 is 71.8 Å². The van der Waals surface area contributed by atoms with E-state index in [1.54, 1.807) is 0 Å². The second-order valence-corrected chi connectivity index (χ2v) is 29.9. The van der Waals surface area contributed by atoms with Crippen LogP contribution in [0.25, 0.3) is 32.7 Å². The van der Waals surface area contributed by atoms with Crippen molar-refractivity contribution in [3.8, 4) is 11.1 Å². The summed E-state index contributed by atoms with van der Waals surface area (Å²) in [5.74, 6) is 0. The molecular weight excluding hydrogens is 745 g/mol. The fourth-order valence-corrected chi connectivity index (χ4v) is 24.0. The normalized spacial score (nSPS) is 13.4. The number of nitrogens with zero attached hydrogens (tertiary/aromatic N) is 2. The summed E-state index contributed by atoms with van der Waals surface area (Å²) in [5.41, 5.74) is 18.2. The standard InChI is InChI=1S/C55H56N2Si2/c1-37-29-31-39(3)49(33-37)56(41-21-13-11-14-22-41)51-35-47-53(45-27-19-17-25-43(45)51)54-46-28-20-18-26-44(46)52(36-48(54)55(47,58(5,6)7)59(8,9)10)57(42-23-15-12-16-24-42)50-34-38(2)30-32-40(50)4/h11-36H,1-10H3. The molecule has 1 aliphatic carbocycles. The molecule has 0 heterocycles. The zero-order chi connectivity index (χ0) is 41.4. The largest absolute Gasteiger partial charge is 0.310 e. The predicted molar refractivity (Wildman–Crippen MR) is 263 cm³/mol. The first-order valence-electron chi connectivity index (χ1n) is 21.2. The molecule has 0 saturated carbocycles. The van der Waals surface area contributed by atoms with Crippen LogP contribution < -0.4 is 9.80 Å². The average molecular weight is 801 g/mol. The van der Waals surface area contributed by atoms with Gasteiger partial charge in [0.15, 0.2) is 0 Å². The second-order valence-electron chi connectivity index (χ2n) is 18.9. The maximum absolute atomic E-state index is 2.66. The van der Waals surface area contributed by atoms with E-state index in [4.69, 9.17) is 0 Å². The molecule has 0 unspecified atom stereocenters. The van der Waals surface area contributed by atoms with E-state index in [0.29, 0.717) is 0 Å². The van der Waals surface area contributed by atoms with E-state index in [0.717, 1.165) is 0 Å². The zero-order valence-electron chi connectivity index (χ0n) is 36.4. The first-order chi connectivity index (χ1) is 28.2. The summed E-state index contributed by atoms with van der Waals surface area (Å²) in [7, 11) is -4.27. The maximum Gasteiger partial charge on any atom is 0.0579 e. The van der Waals surface area contributed by atoms with E-state index in [1.807, 2.05) is 0 Å². The number of para-hydroxylation sites is 2. The molecule has 9 rings (SSSR count). The Kier molecular flexibility index (Phi) is 9.37. The fourth-order valence-electron chi connectivity index (χ4n) is 11.0. The summed E-state index contributed by atoms with van der Waals surface area (Å²) < 4.78 is -0.129. The van der Waals surface area contributed by atoms with Gasteiger partial charge in [-0.15, -0.1) is 0 Å². The Morgan fingerprint density at radius 1 is 0.356 bits per heavy atom. The van der Waals surface area contributed by atoms with Crippen molar-refractivity contribution in [2.75, 3.05) is 9.80 Å². The lowest BCUT2D eigenvalue weighted by Gasteiger charge is -2.51. The second kappa shape index (κ2) is 14.3. The molecular formula is C55H56N2Si2. The van der Waals surface area contributed by atoms with Crippen molar-refractivity contribution in [2.45, 2.75) is 71.6 Å². The van der Waals surface area contributed by atoms with Crippen molar-refractivity contribution in [2.24, 2.45) is 0 Å². The minimum absolute atomic E-state index is 0.129. The molecule has 294 valence electrons. The van der Waals surface area contributed by atoms with E-state index in [9.17, 15) is 0 Å². The van der Waals surface area contributed by atoms with Gasteiger partial charge in [0.2, 0.25) is 0 Å². The van der Waals surface area contributed by atoms with Gasteiger partial charge in [0.1, 0.15) is 0 Å². The number of benzene rings is 8. The van der Waals surface area contributed by atoms with Crippen molar-refractivity contribution in [3.05, 3.63) is 191 Å². The summed E-state index contributed by atoms with van der Waals surface area (Å²) in [4.78, 5) is 5.10. The van der Waals surface area contributed by atoms with Crippen LogP contribution in [0.2, 0.25) is 39.3 Å². The summed E-state index contributed by atoms with van der Waals surface area (Å²) in [6, 6.07) is 59.7. The smallest absolute Gasteiger partial charge is 0.0579 e. The van der Waals surface area contributed by atoms with Gasteiger partial charge in [-0.2, -0.15) is 0 Å². The van der Waals surface area contributed by atoms with Crippen LogP contribution in [0.1, 0.15) is 33.4 Å². The molecule has 4 heteroatoms. The molecule has 0 radical (unpaired) electrons. The Morgan fingerprint density at radius 3 is 1.05 bits per heavy atom. The lowest BCUT2D eigenvalue weighted by atomic mass is 9.91. The summed E-state index contributed by atoms with van der Waals surface area (Å²) in [6.07, 6.45) is 0. The van der Waals surface area contributed by atoms with Gasteiger partial charge in [0.25, 0.3) is 0 Å². The van der Waals surface area contributed by atoms with Gasteiger partial charge >= 0.3 is 0 Å². The molecule has 2 nitrogen and oxygen atoms in total. The van der Waals surface area contributed by atoms with Gasteiger partial charge in [0, 0.05) is 38.2 Å². The summed E-state index contributed by atoms with van der Waals surface area (Å²) in [5, 5.41) is 5.22.